The molecule has 0 N–H and O–H groups in total. The lowest BCUT2D eigenvalue weighted by Gasteiger charge is -2.06. The molecule has 0 amide bonds. The lowest BCUT2D eigenvalue weighted by molar-refractivity contribution is -0.137. The van der Waals surface area contributed by atoms with Gasteiger partial charge in [0.1, 0.15) is 0 Å². The van der Waals surface area contributed by atoms with Crippen LogP contribution in [0.5, 0.6) is 0 Å². The molecule has 18 heavy (non-hydrogen) atoms. The van der Waals surface area contributed by atoms with Crippen LogP contribution in [0, 0.1) is 0 Å². The highest BCUT2D eigenvalue weighted by molar-refractivity contribution is 5.65. The van der Waals surface area contributed by atoms with Gasteiger partial charge in [0.2, 0.25) is 0 Å². The van der Waals surface area contributed by atoms with E-state index in [2.05, 4.69) is 11.3 Å². The van der Waals surface area contributed by atoms with Crippen LogP contribution in [0.1, 0.15) is 60.3 Å². The largest absolute Gasteiger partial charge is 0.469 e. The third kappa shape index (κ3) is 20.6. The molecular formula is C15H32O3. The molecule has 0 bridgehead atoms. The summed E-state index contributed by atoms with van der Waals surface area (Å²) in [6.07, 6.45) is 7.58. The third-order valence-electron chi connectivity index (χ3n) is 2.04. The zero-order valence-corrected chi connectivity index (χ0v) is 13.1. The van der Waals surface area contributed by atoms with Gasteiger partial charge in [0, 0.05) is 6.92 Å². The molecule has 3 nitrogen and oxygen atoms in total. The zero-order valence-electron chi connectivity index (χ0n) is 13.1. The predicted molar refractivity (Wildman–Crippen MR) is 78.8 cm³/mol. The Morgan fingerprint density at radius 1 is 1.22 bits per heavy atom. The molecule has 1 rings (SSSR count). The molecule has 0 aliphatic heterocycles. The van der Waals surface area contributed by atoms with Gasteiger partial charge in [-0.1, -0.05) is 46.6 Å². The number of hydrogen-bond acceptors (Lipinski definition) is 3. The molecule has 0 radical (unpaired) electrons. The predicted octanol–water partition coefficient (Wildman–Crippen LogP) is 4.36. The van der Waals surface area contributed by atoms with Crippen molar-refractivity contribution in [3.05, 3.63) is 12.7 Å². The first-order valence-corrected chi connectivity index (χ1v) is 6.97. The van der Waals surface area contributed by atoms with E-state index in [4.69, 9.17) is 4.74 Å². The van der Waals surface area contributed by atoms with Gasteiger partial charge in [-0.25, -0.2) is 0 Å². The van der Waals surface area contributed by atoms with Crippen molar-refractivity contribution in [2.75, 3.05) is 13.7 Å². The Kier molecular flexibility index (Phi) is 26.6. The summed E-state index contributed by atoms with van der Waals surface area (Å²) in [5.74, 6) is -0.245. The van der Waals surface area contributed by atoms with Gasteiger partial charge in [-0.2, -0.15) is 0 Å². The number of methoxy groups -OCH3 is 1. The van der Waals surface area contributed by atoms with Crippen LogP contribution in [-0.2, 0) is 14.3 Å². The van der Waals surface area contributed by atoms with Gasteiger partial charge in [0.15, 0.2) is 0 Å². The molecule has 0 atom stereocenters. The van der Waals surface area contributed by atoms with E-state index >= 15 is 0 Å². The van der Waals surface area contributed by atoms with Crippen molar-refractivity contribution >= 4 is 5.97 Å². The fourth-order valence-corrected chi connectivity index (χ4v) is 1.26. The molecule has 1 fully saturated rings. The van der Waals surface area contributed by atoms with Crippen molar-refractivity contribution in [3.8, 4) is 0 Å². The van der Waals surface area contributed by atoms with E-state index in [9.17, 15) is 4.79 Å². The molecule has 0 saturated heterocycles. The second-order valence-electron chi connectivity index (χ2n) is 3.22. The Balaban J connectivity index is -0.000000215. The first kappa shape index (κ1) is 22.4. The molecule has 3 heteroatoms. The second kappa shape index (κ2) is 21.5. The topological polar surface area (TPSA) is 35.5 Å². The maximum Gasteiger partial charge on any atom is 0.302 e. The molecule has 1 saturated carbocycles. The van der Waals surface area contributed by atoms with Crippen LogP contribution in [0.2, 0.25) is 0 Å². The van der Waals surface area contributed by atoms with Crippen molar-refractivity contribution < 1.29 is 14.3 Å². The van der Waals surface area contributed by atoms with Crippen molar-refractivity contribution in [1.82, 2.24) is 0 Å². The molecule has 0 spiro atoms. The van der Waals surface area contributed by atoms with Crippen molar-refractivity contribution in [2.45, 2.75) is 66.4 Å². The summed E-state index contributed by atoms with van der Waals surface area (Å²) in [6, 6.07) is 0. The normalized spacial score (nSPS) is 12.8. The van der Waals surface area contributed by atoms with E-state index in [1.165, 1.54) is 39.7 Å². The summed E-state index contributed by atoms with van der Waals surface area (Å²) >= 11 is 0. The first-order chi connectivity index (χ1) is 8.70. The Morgan fingerprint density at radius 3 is 1.89 bits per heavy atom. The SMILES string of the molecule is C=CCOC1CCCC1.CC.CC.COC(C)=O. The minimum absolute atomic E-state index is 0.245. The van der Waals surface area contributed by atoms with Gasteiger partial charge in [-0.3, -0.25) is 4.79 Å². The summed E-state index contributed by atoms with van der Waals surface area (Å²) in [5.41, 5.74) is 0. The fraction of sp³-hybridized carbons (Fsp3) is 0.800. The number of ether oxygens (including phenoxy) is 2. The summed E-state index contributed by atoms with van der Waals surface area (Å²) in [5, 5.41) is 0. The second-order valence-corrected chi connectivity index (χ2v) is 3.22. The summed E-state index contributed by atoms with van der Waals surface area (Å²) in [6.45, 7) is 13.7. The Bertz CT molecular complexity index is 161. The van der Waals surface area contributed by atoms with E-state index in [1.807, 2.05) is 33.8 Å². The van der Waals surface area contributed by atoms with E-state index in [0.717, 1.165) is 6.61 Å². The van der Waals surface area contributed by atoms with E-state index in [1.54, 1.807) is 0 Å². The molecule has 0 aromatic heterocycles. The van der Waals surface area contributed by atoms with Crippen LogP contribution in [0.4, 0.5) is 0 Å². The number of carbonyl (C=O) groups excluding carboxylic acids is 1. The maximum absolute atomic E-state index is 9.59. The van der Waals surface area contributed by atoms with Crippen LogP contribution in [0.3, 0.4) is 0 Å². The highest BCUT2D eigenvalue weighted by Crippen LogP contribution is 2.20. The lowest BCUT2D eigenvalue weighted by atomic mass is 10.3. The minimum atomic E-state index is -0.245. The minimum Gasteiger partial charge on any atom is -0.469 e. The Morgan fingerprint density at radius 2 is 1.61 bits per heavy atom. The first-order valence-electron chi connectivity index (χ1n) is 6.97. The molecular weight excluding hydrogens is 228 g/mol. The highest BCUT2D eigenvalue weighted by Gasteiger charge is 2.13. The van der Waals surface area contributed by atoms with Gasteiger partial charge in [0.25, 0.3) is 0 Å². The van der Waals surface area contributed by atoms with Crippen LogP contribution < -0.4 is 0 Å². The summed E-state index contributed by atoms with van der Waals surface area (Å²) in [4.78, 5) is 9.59. The van der Waals surface area contributed by atoms with Gasteiger partial charge < -0.3 is 9.47 Å². The Labute approximate surface area is 114 Å². The molecule has 1 aliphatic rings. The van der Waals surface area contributed by atoms with Crippen molar-refractivity contribution in [3.63, 3.8) is 0 Å². The van der Waals surface area contributed by atoms with Gasteiger partial charge in [-0.15, -0.1) is 6.58 Å². The van der Waals surface area contributed by atoms with Crippen LogP contribution in [0.15, 0.2) is 12.7 Å². The molecule has 0 unspecified atom stereocenters. The van der Waals surface area contributed by atoms with Crippen LogP contribution in [-0.4, -0.2) is 25.8 Å². The average molecular weight is 260 g/mol. The van der Waals surface area contributed by atoms with E-state index in [0.29, 0.717) is 6.10 Å². The van der Waals surface area contributed by atoms with Gasteiger partial charge in [-0.05, 0) is 12.8 Å². The molecule has 0 aromatic carbocycles. The van der Waals surface area contributed by atoms with Gasteiger partial charge >= 0.3 is 5.97 Å². The summed E-state index contributed by atoms with van der Waals surface area (Å²) in [7, 11) is 1.35. The molecule has 110 valence electrons. The molecule has 0 heterocycles. The number of hydrogen-bond donors (Lipinski definition) is 0. The summed E-state index contributed by atoms with van der Waals surface area (Å²) < 4.78 is 9.55. The number of rotatable bonds is 3. The molecule has 0 aromatic rings. The smallest absolute Gasteiger partial charge is 0.302 e. The number of carbonyl (C=O) groups is 1. The van der Waals surface area contributed by atoms with Crippen LogP contribution in [0.25, 0.3) is 0 Å². The average Bonchev–Trinajstić information content (AvgIpc) is 2.95. The number of esters is 1. The fourth-order valence-electron chi connectivity index (χ4n) is 1.26. The van der Waals surface area contributed by atoms with E-state index in [-0.39, 0.29) is 5.97 Å². The Hall–Kier alpha value is -0.830. The van der Waals surface area contributed by atoms with Gasteiger partial charge in [0.05, 0.1) is 19.8 Å². The van der Waals surface area contributed by atoms with Crippen molar-refractivity contribution in [2.24, 2.45) is 0 Å². The highest BCUT2D eigenvalue weighted by atomic mass is 16.5. The standard InChI is InChI=1S/C8H14O.C3H6O2.2C2H6/c1-2-7-9-8-5-3-4-6-8;1-3(4)5-2;2*1-2/h2,8H,1,3-7H2;1-2H3;2*1-2H3. The molecule has 1 aliphatic carbocycles. The van der Waals surface area contributed by atoms with E-state index < -0.39 is 0 Å². The zero-order chi connectivity index (χ0) is 14.8. The lowest BCUT2D eigenvalue weighted by Crippen LogP contribution is -2.06. The van der Waals surface area contributed by atoms with Crippen molar-refractivity contribution in [1.29, 1.82) is 0 Å². The maximum atomic E-state index is 9.59. The monoisotopic (exact) mass is 260 g/mol. The van der Waals surface area contributed by atoms with Crippen LogP contribution >= 0.6 is 0 Å². The third-order valence-corrected chi connectivity index (χ3v) is 2.04. The quantitative estimate of drug-likeness (QED) is 0.558.